The van der Waals surface area contributed by atoms with E-state index in [0.29, 0.717) is 17.3 Å². The van der Waals surface area contributed by atoms with Crippen LogP contribution >= 0.6 is 0 Å². The Labute approximate surface area is 184 Å². The first-order valence-electron chi connectivity index (χ1n) is 9.94. The van der Waals surface area contributed by atoms with Crippen molar-refractivity contribution in [1.29, 1.82) is 0 Å². The Balaban J connectivity index is 1.51. The van der Waals surface area contributed by atoms with Crippen LogP contribution in [-0.4, -0.2) is 37.7 Å². The normalized spacial score (nSPS) is 11.8. The third kappa shape index (κ3) is 4.43. The number of nitrogens with zero attached hydrogens (tertiary/aromatic N) is 5. The van der Waals surface area contributed by atoms with E-state index in [-0.39, 0.29) is 11.9 Å². The Morgan fingerprint density at radius 2 is 2.09 bits per heavy atom. The Morgan fingerprint density at radius 1 is 1.25 bits per heavy atom. The minimum absolute atomic E-state index is 0.0473. The van der Waals surface area contributed by atoms with Crippen LogP contribution in [0.1, 0.15) is 34.8 Å². The van der Waals surface area contributed by atoms with Crippen molar-refractivity contribution < 1.29 is 13.9 Å². The molecule has 0 unspecified atom stereocenters. The highest BCUT2D eigenvalue weighted by Gasteiger charge is 2.19. The summed E-state index contributed by atoms with van der Waals surface area (Å²) >= 11 is 0. The number of rotatable bonds is 7. The fourth-order valence-electron chi connectivity index (χ4n) is 3.11. The Kier molecular flexibility index (Phi) is 5.84. The number of anilines is 2. The summed E-state index contributed by atoms with van der Waals surface area (Å²) in [5.41, 5.74) is 2.71. The molecule has 0 fully saturated rings. The van der Waals surface area contributed by atoms with Crippen LogP contribution in [-0.2, 0) is 7.05 Å². The van der Waals surface area contributed by atoms with Gasteiger partial charge in [-0.2, -0.15) is 5.10 Å². The second-order valence-electron chi connectivity index (χ2n) is 7.20. The van der Waals surface area contributed by atoms with Crippen molar-refractivity contribution in [3.63, 3.8) is 0 Å². The van der Waals surface area contributed by atoms with Crippen molar-refractivity contribution in [2.75, 3.05) is 12.4 Å². The van der Waals surface area contributed by atoms with E-state index in [1.807, 2.05) is 51.2 Å². The second kappa shape index (κ2) is 8.88. The maximum Gasteiger partial charge on any atom is 0.307 e. The van der Waals surface area contributed by atoms with Crippen molar-refractivity contribution in [2.45, 2.75) is 19.9 Å². The quantitative estimate of drug-likeness (QED) is 0.455. The van der Waals surface area contributed by atoms with E-state index in [1.54, 1.807) is 24.2 Å². The molecule has 4 rings (SSSR count). The lowest BCUT2D eigenvalue weighted by Gasteiger charge is -2.13. The highest BCUT2D eigenvalue weighted by Crippen LogP contribution is 2.23. The zero-order chi connectivity index (χ0) is 22.7. The first-order chi connectivity index (χ1) is 15.4. The van der Waals surface area contributed by atoms with Gasteiger partial charge in [0.2, 0.25) is 5.95 Å². The Bertz CT molecular complexity index is 1250. The van der Waals surface area contributed by atoms with Crippen LogP contribution in [0.15, 0.2) is 53.4 Å². The number of methoxy groups -OCH3 is 1. The Morgan fingerprint density at radius 3 is 2.84 bits per heavy atom. The molecule has 0 aliphatic rings. The van der Waals surface area contributed by atoms with Gasteiger partial charge in [-0.25, -0.2) is 15.0 Å². The fourth-order valence-corrected chi connectivity index (χ4v) is 3.11. The van der Waals surface area contributed by atoms with Crippen LogP contribution in [0.4, 0.5) is 11.8 Å². The SMILES string of the molecule is COc1cccc([C@H](C)NC(=O)c2nc(-c3nc(Nc4ccnn4C)ncc3C)co2)c1. The average molecular weight is 433 g/mol. The van der Waals surface area contributed by atoms with Gasteiger partial charge in [-0.1, -0.05) is 12.1 Å². The maximum absolute atomic E-state index is 12.7. The van der Waals surface area contributed by atoms with Gasteiger partial charge >= 0.3 is 5.91 Å². The minimum Gasteiger partial charge on any atom is -0.497 e. The van der Waals surface area contributed by atoms with Crippen molar-refractivity contribution in [1.82, 2.24) is 30.0 Å². The molecule has 1 amide bonds. The first-order valence-corrected chi connectivity index (χ1v) is 9.94. The van der Waals surface area contributed by atoms with Crippen LogP contribution in [0.5, 0.6) is 5.75 Å². The molecule has 0 spiro atoms. The molecular weight excluding hydrogens is 410 g/mol. The minimum atomic E-state index is -0.425. The molecule has 4 aromatic rings. The lowest BCUT2D eigenvalue weighted by atomic mass is 10.1. The summed E-state index contributed by atoms with van der Waals surface area (Å²) in [5, 5.41) is 10.1. The van der Waals surface area contributed by atoms with Gasteiger partial charge in [0.1, 0.15) is 29.2 Å². The van der Waals surface area contributed by atoms with Gasteiger partial charge in [0.25, 0.3) is 5.89 Å². The van der Waals surface area contributed by atoms with E-state index in [9.17, 15) is 4.79 Å². The molecule has 3 heterocycles. The highest BCUT2D eigenvalue weighted by molar-refractivity contribution is 5.90. The van der Waals surface area contributed by atoms with Crippen molar-refractivity contribution in [2.24, 2.45) is 7.05 Å². The predicted octanol–water partition coefficient (Wildman–Crippen LogP) is 3.42. The highest BCUT2D eigenvalue weighted by atomic mass is 16.5. The zero-order valence-corrected chi connectivity index (χ0v) is 18.2. The molecular formula is C22H23N7O3. The number of nitrogens with one attached hydrogen (secondary N) is 2. The Hall–Kier alpha value is -4.21. The number of ether oxygens (including phenoxy) is 1. The number of amides is 1. The zero-order valence-electron chi connectivity index (χ0n) is 18.2. The number of benzene rings is 1. The largest absolute Gasteiger partial charge is 0.497 e. The summed E-state index contributed by atoms with van der Waals surface area (Å²) in [4.78, 5) is 25.8. The molecule has 0 saturated carbocycles. The van der Waals surface area contributed by atoms with Crippen molar-refractivity contribution in [3.05, 3.63) is 66.0 Å². The fraction of sp³-hybridized carbons (Fsp3) is 0.227. The van der Waals surface area contributed by atoms with Crippen LogP contribution in [0.25, 0.3) is 11.4 Å². The molecule has 0 aliphatic heterocycles. The van der Waals surface area contributed by atoms with Gasteiger partial charge in [-0.05, 0) is 37.1 Å². The van der Waals surface area contributed by atoms with E-state index in [4.69, 9.17) is 9.15 Å². The molecule has 0 radical (unpaired) electrons. The second-order valence-corrected chi connectivity index (χ2v) is 7.20. The van der Waals surface area contributed by atoms with E-state index in [2.05, 4.69) is 30.7 Å². The van der Waals surface area contributed by atoms with Crippen molar-refractivity contribution in [3.8, 4) is 17.1 Å². The van der Waals surface area contributed by atoms with E-state index in [1.165, 1.54) is 6.26 Å². The molecule has 32 heavy (non-hydrogen) atoms. The number of hydrogen-bond acceptors (Lipinski definition) is 8. The van der Waals surface area contributed by atoms with Crippen molar-refractivity contribution >= 4 is 17.7 Å². The molecule has 0 aliphatic carbocycles. The summed E-state index contributed by atoms with van der Waals surface area (Å²) in [6.45, 7) is 3.74. The van der Waals surface area contributed by atoms with Gasteiger partial charge in [0.15, 0.2) is 0 Å². The lowest BCUT2D eigenvalue weighted by Crippen LogP contribution is -2.26. The standard InChI is InChI=1S/C22H23N7O3/c1-13-11-23-22(27-18-8-9-24-29(18)3)28-19(13)17-12-32-21(26-17)20(30)25-14(2)15-6-5-7-16(10-15)31-4/h5-12,14H,1-4H3,(H,25,30)(H,23,27,28)/t14-/m0/s1. The number of aryl methyl sites for hydroxylation is 2. The number of carbonyl (C=O) groups is 1. The molecule has 3 aromatic heterocycles. The number of hydrogen-bond donors (Lipinski definition) is 2. The van der Waals surface area contributed by atoms with Crippen LogP contribution < -0.4 is 15.4 Å². The maximum atomic E-state index is 12.7. The summed E-state index contributed by atoms with van der Waals surface area (Å²) in [6.07, 6.45) is 4.76. The molecule has 10 nitrogen and oxygen atoms in total. The van der Waals surface area contributed by atoms with E-state index >= 15 is 0 Å². The number of carbonyl (C=O) groups excluding carboxylic acids is 1. The molecule has 1 aromatic carbocycles. The number of aromatic nitrogens is 5. The van der Waals surface area contributed by atoms with Crippen LogP contribution in [0, 0.1) is 6.92 Å². The molecule has 10 heteroatoms. The molecule has 0 saturated heterocycles. The third-order valence-corrected chi connectivity index (χ3v) is 4.91. The predicted molar refractivity (Wildman–Crippen MR) is 118 cm³/mol. The summed E-state index contributed by atoms with van der Waals surface area (Å²) < 4.78 is 12.4. The third-order valence-electron chi connectivity index (χ3n) is 4.91. The molecule has 0 bridgehead atoms. The monoisotopic (exact) mass is 433 g/mol. The van der Waals surface area contributed by atoms with Gasteiger partial charge in [0.05, 0.1) is 19.3 Å². The molecule has 2 N–H and O–H groups in total. The first kappa shape index (κ1) is 21.0. The van der Waals surface area contributed by atoms with Gasteiger partial charge in [0, 0.05) is 19.3 Å². The number of oxazole rings is 1. The summed E-state index contributed by atoms with van der Waals surface area (Å²) in [5.74, 6) is 1.37. The summed E-state index contributed by atoms with van der Waals surface area (Å²) in [6, 6.07) is 9.05. The van der Waals surface area contributed by atoms with Gasteiger partial charge in [-0.15, -0.1) is 0 Å². The van der Waals surface area contributed by atoms with Gasteiger partial charge in [-0.3, -0.25) is 9.48 Å². The molecule has 1 atom stereocenters. The molecule has 164 valence electrons. The average Bonchev–Trinajstić information content (AvgIpc) is 3.44. The lowest BCUT2D eigenvalue weighted by molar-refractivity contribution is 0.0904. The topological polar surface area (TPSA) is 120 Å². The summed E-state index contributed by atoms with van der Waals surface area (Å²) in [7, 11) is 3.41. The van der Waals surface area contributed by atoms with E-state index in [0.717, 1.165) is 22.7 Å². The smallest absolute Gasteiger partial charge is 0.307 e. The van der Waals surface area contributed by atoms with Crippen LogP contribution in [0.2, 0.25) is 0 Å². The van der Waals surface area contributed by atoms with Crippen LogP contribution in [0.3, 0.4) is 0 Å². The van der Waals surface area contributed by atoms with E-state index < -0.39 is 5.91 Å². The van der Waals surface area contributed by atoms with Gasteiger partial charge < -0.3 is 19.8 Å².